The highest BCUT2D eigenvalue weighted by Crippen LogP contribution is 2.18. The zero-order valence-electron chi connectivity index (χ0n) is 19.7. The number of hydrogen-bond acceptors (Lipinski definition) is 4. The van der Waals surface area contributed by atoms with E-state index in [0.29, 0.717) is 19.5 Å². The number of anilines is 1. The predicted octanol–water partition coefficient (Wildman–Crippen LogP) is 3.81. The van der Waals surface area contributed by atoms with Crippen LogP contribution in [0.3, 0.4) is 0 Å². The Morgan fingerprint density at radius 3 is 2.47 bits per heavy atom. The van der Waals surface area contributed by atoms with Crippen LogP contribution < -0.4 is 10.1 Å². The minimum Gasteiger partial charge on any atom is -0.497 e. The Kier molecular flexibility index (Phi) is 8.28. The van der Waals surface area contributed by atoms with E-state index in [0.717, 1.165) is 48.5 Å². The molecule has 1 saturated heterocycles. The molecule has 32 heavy (non-hydrogen) atoms. The Morgan fingerprint density at radius 2 is 1.78 bits per heavy atom. The molecule has 3 rings (SSSR count). The van der Waals surface area contributed by atoms with Crippen molar-refractivity contribution in [3.8, 4) is 5.75 Å². The lowest BCUT2D eigenvalue weighted by molar-refractivity contribution is -0.131. The molecule has 6 heteroatoms. The first-order chi connectivity index (χ1) is 15.4. The zero-order valence-corrected chi connectivity index (χ0v) is 19.7. The van der Waals surface area contributed by atoms with Crippen molar-refractivity contribution in [3.63, 3.8) is 0 Å². The molecule has 1 atom stereocenters. The molecule has 2 aromatic rings. The van der Waals surface area contributed by atoms with E-state index in [1.807, 2.05) is 62.1 Å². The maximum absolute atomic E-state index is 12.8. The van der Waals surface area contributed by atoms with Gasteiger partial charge in [0.1, 0.15) is 5.75 Å². The van der Waals surface area contributed by atoms with Gasteiger partial charge in [-0.25, -0.2) is 0 Å². The molecule has 0 saturated carbocycles. The van der Waals surface area contributed by atoms with Crippen LogP contribution in [0.25, 0.3) is 0 Å². The van der Waals surface area contributed by atoms with Crippen molar-refractivity contribution in [2.75, 3.05) is 38.6 Å². The summed E-state index contributed by atoms with van der Waals surface area (Å²) >= 11 is 0. The number of ether oxygens (including phenoxy) is 1. The van der Waals surface area contributed by atoms with Crippen molar-refractivity contribution in [2.45, 2.75) is 46.1 Å². The van der Waals surface area contributed by atoms with E-state index < -0.39 is 0 Å². The van der Waals surface area contributed by atoms with Crippen LogP contribution in [0.4, 0.5) is 5.69 Å². The summed E-state index contributed by atoms with van der Waals surface area (Å²) in [5, 5.41) is 3.07. The smallest absolute Gasteiger partial charge is 0.241 e. The lowest BCUT2D eigenvalue weighted by Gasteiger charge is -2.27. The summed E-state index contributed by atoms with van der Waals surface area (Å²) in [7, 11) is 1.65. The van der Waals surface area contributed by atoms with Gasteiger partial charge in [0.05, 0.1) is 13.2 Å². The maximum atomic E-state index is 12.8. The first-order valence-corrected chi connectivity index (χ1v) is 11.4. The fraction of sp³-hybridized carbons (Fsp3) is 0.462. The fourth-order valence-electron chi connectivity index (χ4n) is 4.13. The van der Waals surface area contributed by atoms with Gasteiger partial charge in [0, 0.05) is 38.3 Å². The highest BCUT2D eigenvalue weighted by atomic mass is 16.5. The average Bonchev–Trinajstić information content (AvgIpc) is 3.05. The number of hydrogen-bond donors (Lipinski definition) is 1. The molecule has 6 nitrogen and oxygen atoms in total. The Hall–Kier alpha value is -2.86. The number of aryl methyl sites for hydroxylation is 3. The van der Waals surface area contributed by atoms with Gasteiger partial charge in [-0.1, -0.05) is 29.8 Å². The van der Waals surface area contributed by atoms with Gasteiger partial charge in [-0.3, -0.25) is 14.5 Å². The molecule has 1 N–H and O–H groups in total. The van der Waals surface area contributed by atoms with Crippen LogP contribution in [-0.2, 0) is 16.0 Å². The topological polar surface area (TPSA) is 61.9 Å². The molecular weight excluding hydrogens is 402 g/mol. The molecule has 0 spiro atoms. The number of nitrogens with one attached hydrogen (secondary N) is 1. The van der Waals surface area contributed by atoms with E-state index in [1.165, 1.54) is 5.56 Å². The summed E-state index contributed by atoms with van der Waals surface area (Å²) in [5.41, 5.74) is 4.23. The summed E-state index contributed by atoms with van der Waals surface area (Å²) in [4.78, 5) is 29.7. The summed E-state index contributed by atoms with van der Waals surface area (Å²) in [6.07, 6.45) is 2.09. The number of carbonyl (C=O) groups excluding carboxylic acids is 2. The minimum absolute atomic E-state index is 0.00349. The molecule has 1 aliphatic rings. The van der Waals surface area contributed by atoms with E-state index in [1.54, 1.807) is 7.11 Å². The molecule has 0 radical (unpaired) electrons. The molecule has 2 aromatic carbocycles. The second-order valence-electron chi connectivity index (χ2n) is 8.60. The average molecular weight is 438 g/mol. The molecule has 0 bridgehead atoms. The Bertz CT molecular complexity index is 926. The number of amides is 2. The number of carbonyl (C=O) groups is 2. The van der Waals surface area contributed by atoms with Crippen molar-refractivity contribution in [1.29, 1.82) is 0 Å². The van der Waals surface area contributed by atoms with Crippen molar-refractivity contribution in [2.24, 2.45) is 0 Å². The molecular formula is C26H35N3O3. The van der Waals surface area contributed by atoms with E-state index in [-0.39, 0.29) is 17.9 Å². The first kappa shape index (κ1) is 23.8. The fourth-order valence-corrected chi connectivity index (χ4v) is 4.13. The molecule has 1 fully saturated rings. The van der Waals surface area contributed by atoms with Gasteiger partial charge < -0.3 is 15.0 Å². The molecule has 1 heterocycles. The van der Waals surface area contributed by atoms with Crippen LogP contribution in [-0.4, -0.2) is 60.9 Å². The Morgan fingerprint density at radius 1 is 1.03 bits per heavy atom. The van der Waals surface area contributed by atoms with Crippen LogP contribution in [0.5, 0.6) is 5.75 Å². The van der Waals surface area contributed by atoms with Crippen molar-refractivity contribution in [3.05, 3.63) is 59.2 Å². The van der Waals surface area contributed by atoms with Crippen LogP contribution in [0.1, 0.15) is 36.5 Å². The van der Waals surface area contributed by atoms with Gasteiger partial charge in [-0.15, -0.1) is 0 Å². The first-order valence-electron chi connectivity index (χ1n) is 11.4. The van der Waals surface area contributed by atoms with Crippen LogP contribution in [0.15, 0.2) is 42.5 Å². The van der Waals surface area contributed by atoms with Crippen molar-refractivity contribution < 1.29 is 14.3 Å². The van der Waals surface area contributed by atoms with E-state index in [2.05, 4.69) is 16.3 Å². The summed E-state index contributed by atoms with van der Waals surface area (Å²) < 4.78 is 5.19. The number of rotatable bonds is 7. The summed E-state index contributed by atoms with van der Waals surface area (Å²) in [6, 6.07) is 13.7. The third kappa shape index (κ3) is 6.33. The quantitative estimate of drug-likeness (QED) is 0.716. The standard InChI is InChI=1S/C26H35N3O3/c1-19-6-12-24(20(2)18-19)27-26(31)21(3)28-14-5-15-29(17-16-28)25(30)13-9-22-7-10-23(32-4)11-8-22/h6-8,10-12,18,21H,5,9,13-17H2,1-4H3,(H,27,31). The lowest BCUT2D eigenvalue weighted by atomic mass is 10.1. The predicted molar refractivity (Wildman–Crippen MR) is 128 cm³/mol. The number of benzene rings is 2. The summed E-state index contributed by atoms with van der Waals surface area (Å²) in [6.45, 7) is 8.91. The molecule has 1 unspecified atom stereocenters. The third-order valence-electron chi connectivity index (χ3n) is 6.24. The second kappa shape index (κ2) is 11.1. The van der Waals surface area contributed by atoms with Crippen LogP contribution in [0.2, 0.25) is 0 Å². The minimum atomic E-state index is -0.245. The highest BCUT2D eigenvalue weighted by molar-refractivity contribution is 5.95. The second-order valence-corrected chi connectivity index (χ2v) is 8.60. The van der Waals surface area contributed by atoms with Gasteiger partial charge in [0.15, 0.2) is 0 Å². The number of nitrogens with zero attached hydrogens (tertiary/aromatic N) is 2. The molecule has 1 aliphatic heterocycles. The zero-order chi connectivity index (χ0) is 23.1. The van der Waals surface area contributed by atoms with Gasteiger partial charge in [-0.05, 0) is 62.9 Å². The van der Waals surface area contributed by atoms with E-state index in [9.17, 15) is 9.59 Å². The lowest BCUT2D eigenvalue weighted by Crippen LogP contribution is -2.44. The molecule has 0 aromatic heterocycles. The van der Waals surface area contributed by atoms with Gasteiger partial charge in [0.25, 0.3) is 0 Å². The maximum Gasteiger partial charge on any atom is 0.241 e. The SMILES string of the molecule is COc1ccc(CCC(=O)N2CCCN(C(C)C(=O)Nc3ccc(C)cc3C)CC2)cc1. The third-order valence-corrected chi connectivity index (χ3v) is 6.24. The van der Waals surface area contributed by atoms with Crippen LogP contribution >= 0.6 is 0 Å². The molecule has 172 valence electrons. The number of methoxy groups -OCH3 is 1. The molecule has 2 amide bonds. The van der Waals surface area contributed by atoms with E-state index in [4.69, 9.17) is 4.74 Å². The van der Waals surface area contributed by atoms with Crippen LogP contribution in [0, 0.1) is 13.8 Å². The van der Waals surface area contributed by atoms with Gasteiger partial charge in [0.2, 0.25) is 11.8 Å². The van der Waals surface area contributed by atoms with Crippen molar-refractivity contribution in [1.82, 2.24) is 9.80 Å². The summed E-state index contributed by atoms with van der Waals surface area (Å²) in [5.74, 6) is 0.995. The Labute approximate surface area is 191 Å². The van der Waals surface area contributed by atoms with Gasteiger partial charge in [-0.2, -0.15) is 0 Å². The van der Waals surface area contributed by atoms with Gasteiger partial charge >= 0.3 is 0 Å². The Balaban J connectivity index is 1.49. The largest absolute Gasteiger partial charge is 0.497 e. The normalized spacial score (nSPS) is 15.7. The van der Waals surface area contributed by atoms with Crippen molar-refractivity contribution >= 4 is 17.5 Å². The highest BCUT2D eigenvalue weighted by Gasteiger charge is 2.25. The monoisotopic (exact) mass is 437 g/mol. The van der Waals surface area contributed by atoms with E-state index >= 15 is 0 Å². The molecule has 0 aliphatic carbocycles.